The Hall–Kier alpha value is -4.41. The van der Waals surface area contributed by atoms with E-state index in [9.17, 15) is 9.59 Å². The number of hydrogen-bond acceptors (Lipinski definition) is 8. The molecule has 0 unspecified atom stereocenters. The molecule has 2 heterocycles. The summed E-state index contributed by atoms with van der Waals surface area (Å²) in [5.41, 5.74) is 6.21. The lowest BCUT2D eigenvalue weighted by Crippen LogP contribution is -2.46. The zero-order valence-electron chi connectivity index (χ0n) is 24.5. The third kappa shape index (κ3) is 8.79. The first-order chi connectivity index (χ1) is 21.1. The highest BCUT2D eigenvalue weighted by atomic mass is 16.5. The second-order valence-corrected chi connectivity index (χ2v) is 10.6. The number of anilines is 1. The predicted molar refractivity (Wildman–Crippen MR) is 166 cm³/mol. The van der Waals surface area contributed by atoms with E-state index in [1.807, 2.05) is 42.5 Å². The Bertz CT molecular complexity index is 1370. The number of rotatable bonds is 12. The Morgan fingerprint density at radius 1 is 1.00 bits per heavy atom. The van der Waals surface area contributed by atoms with Crippen LogP contribution in [0.5, 0.6) is 11.5 Å². The van der Waals surface area contributed by atoms with Crippen LogP contribution in [-0.2, 0) is 16.1 Å². The molecule has 2 N–H and O–H groups in total. The smallest absolute Gasteiger partial charge is 0.271 e. The van der Waals surface area contributed by atoms with Crippen molar-refractivity contribution >= 4 is 23.7 Å². The summed E-state index contributed by atoms with van der Waals surface area (Å²) in [5, 5.41) is 6.91. The summed E-state index contributed by atoms with van der Waals surface area (Å²) in [6.07, 6.45) is 3.68. The van der Waals surface area contributed by atoms with Gasteiger partial charge in [-0.2, -0.15) is 5.10 Å². The summed E-state index contributed by atoms with van der Waals surface area (Å²) in [6.45, 7) is 5.81. The number of benzene rings is 3. The highest BCUT2D eigenvalue weighted by Gasteiger charge is 2.20. The monoisotopic (exact) mass is 585 g/mol. The fourth-order valence-corrected chi connectivity index (χ4v) is 5.17. The van der Waals surface area contributed by atoms with E-state index >= 15 is 0 Å². The first-order valence-electron chi connectivity index (χ1n) is 14.7. The van der Waals surface area contributed by atoms with E-state index in [2.05, 4.69) is 31.7 Å². The van der Waals surface area contributed by atoms with Crippen molar-refractivity contribution in [2.24, 2.45) is 5.10 Å². The molecular formula is C33H39N5O5. The highest BCUT2D eigenvalue weighted by Crippen LogP contribution is 2.28. The van der Waals surface area contributed by atoms with Gasteiger partial charge < -0.3 is 24.4 Å². The minimum atomic E-state index is -0.276. The Morgan fingerprint density at radius 2 is 1.77 bits per heavy atom. The van der Waals surface area contributed by atoms with Crippen LogP contribution in [-0.4, -0.2) is 82.1 Å². The molecule has 1 atom stereocenters. The van der Waals surface area contributed by atoms with Gasteiger partial charge in [0, 0.05) is 51.4 Å². The van der Waals surface area contributed by atoms with E-state index in [0.29, 0.717) is 17.9 Å². The van der Waals surface area contributed by atoms with Gasteiger partial charge in [-0.05, 0) is 72.5 Å². The minimum Gasteiger partial charge on any atom is -0.495 e. The van der Waals surface area contributed by atoms with Crippen molar-refractivity contribution in [3.05, 3.63) is 89.5 Å². The number of piperazine rings is 1. The molecule has 0 bridgehead atoms. The van der Waals surface area contributed by atoms with Crippen LogP contribution in [0.2, 0.25) is 0 Å². The maximum Gasteiger partial charge on any atom is 0.271 e. The lowest BCUT2D eigenvalue weighted by Gasteiger charge is -2.36. The van der Waals surface area contributed by atoms with Crippen LogP contribution in [0, 0.1) is 0 Å². The molecule has 2 fully saturated rings. The first-order valence-corrected chi connectivity index (χ1v) is 14.7. The van der Waals surface area contributed by atoms with E-state index in [4.69, 9.17) is 14.2 Å². The molecule has 2 aliphatic heterocycles. The summed E-state index contributed by atoms with van der Waals surface area (Å²) in [5.74, 6) is 1.02. The first kappa shape index (κ1) is 30.1. The molecule has 43 heavy (non-hydrogen) atoms. The molecule has 226 valence electrons. The fraction of sp³-hybridized carbons (Fsp3) is 0.364. The van der Waals surface area contributed by atoms with Crippen molar-refractivity contribution in [2.75, 3.05) is 57.9 Å². The van der Waals surface area contributed by atoms with Gasteiger partial charge in [0.15, 0.2) is 6.61 Å². The molecule has 0 aliphatic carbocycles. The van der Waals surface area contributed by atoms with Crippen molar-refractivity contribution in [1.82, 2.24) is 15.6 Å². The standard InChI is InChI=1S/C33H39N5O5/c1-41-31-7-3-2-6-30(31)38-18-16-37(17-19-38)23-26-8-12-27(13-9-26)33(40)36-35-21-25-10-14-28(15-11-25)43-24-32(39)34-22-29-5-4-20-42-29/h2-3,6-15,21,29H,4-5,16-20,22-24H2,1H3,(H,34,39)(H,36,40)/b35-21-/t29-/m1/s1. The van der Waals surface area contributed by atoms with Crippen molar-refractivity contribution in [2.45, 2.75) is 25.5 Å². The minimum absolute atomic E-state index is 0.0600. The number of amides is 2. The van der Waals surface area contributed by atoms with Gasteiger partial charge in [-0.25, -0.2) is 5.43 Å². The maximum absolute atomic E-state index is 12.6. The van der Waals surface area contributed by atoms with E-state index in [1.165, 1.54) is 0 Å². The number of hydrogen-bond donors (Lipinski definition) is 2. The fourth-order valence-electron chi connectivity index (χ4n) is 5.17. The Kier molecular flexibility index (Phi) is 10.6. The van der Waals surface area contributed by atoms with Gasteiger partial charge in [0.1, 0.15) is 11.5 Å². The Labute approximate surface area is 252 Å². The third-order valence-corrected chi connectivity index (χ3v) is 7.60. The average Bonchev–Trinajstić information content (AvgIpc) is 3.58. The summed E-state index contributed by atoms with van der Waals surface area (Å²) < 4.78 is 16.6. The third-order valence-electron chi connectivity index (χ3n) is 7.60. The quantitative estimate of drug-likeness (QED) is 0.248. The molecule has 3 aromatic carbocycles. The van der Waals surface area contributed by atoms with Crippen molar-refractivity contribution in [1.29, 1.82) is 0 Å². The van der Waals surface area contributed by atoms with E-state index in [-0.39, 0.29) is 24.5 Å². The zero-order valence-corrected chi connectivity index (χ0v) is 24.5. The van der Waals surface area contributed by atoms with Crippen LogP contribution < -0.4 is 25.1 Å². The number of para-hydroxylation sites is 2. The summed E-state index contributed by atoms with van der Waals surface area (Å²) in [6, 6.07) is 22.9. The molecule has 2 amide bonds. The van der Waals surface area contributed by atoms with Crippen molar-refractivity contribution in [3.8, 4) is 11.5 Å². The molecule has 5 rings (SSSR count). The number of methoxy groups -OCH3 is 1. The normalized spacial score (nSPS) is 17.1. The molecular weight excluding hydrogens is 546 g/mol. The van der Waals surface area contributed by atoms with Crippen LogP contribution >= 0.6 is 0 Å². The van der Waals surface area contributed by atoms with Gasteiger partial charge in [0.2, 0.25) is 0 Å². The van der Waals surface area contributed by atoms with Crippen LogP contribution in [0.15, 0.2) is 77.9 Å². The zero-order chi connectivity index (χ0) is 29.9. The number of carbonyl (C=O) groups excluding carboxylic acids is 2. The van der Waals surface area contributed by atoms with Gasteiger partial charge in [-0.15, -0.1) is 0 Å². The molecule has 0 aromatic heterocycles. The van der Waals surface area contributed by atoms with Gasteiger partial charge in [-0.3, -0.25) is 14.5 Å². The van der Waals surface area contributed by atoms with E-state index < -0.39 is 0 Å². The SMILES string of the molecule is COc1ccccc1N1CCN(Cc2ccc(C(=O)N/N=C\c3ccc(OCC(=O)NC[C@H]4CCCO4)cc3)cc2)CC1. The highest BCUT2D eigenvalue weighted by molar-refractivity contribution is 5.94. The molecule has 0 saturated carbocycles. The summed E-state index contributed by atoms with van der Waals surface area (Å²) in [7, 11) is 1.71. The molecule has 0 radical (unpaired) electrons. The number of nitrogens with zero attached hydrogens (tertiary/aromatic N) is 3. The van der Waals surface area contributed by atoms with Gasteiger partial charge in [-0.1, -0.05) is 24.3 Å². The number of hydrazone groups is 1. The molecule has 2 aliphatic rings. The molecule has 0 spiro atoms. The molecule has 2 saturated heterocycles. The number of nitrogens with one attached hydrogen (secondary N) is 2. The number of ether oxygens (including phenoxy) is 3. The molecule has 10 nitrogen and oxygen atoms in total. The average molecular weight is 586 g/mol. The largest absolute Gasteiger partial charge is 0.495 e. The van der Waals surface area contributed by atoms with Crippen LogP contribution in [0.4, 0.5) is 5.69 Å². The Morgan fingerprint density at radius 3 is 2.49 bits per heavy atom. The van der Waals surface area contributed by atoms with Gasteiger partial charge in [0.05, 0.1) is 25.1 Å². The second kappa shape index (κ2) is 15.2. The van der Waals surface area contributed by atoms with Crippen LogP contribution in [0.25, 0.3) is 0 Å². The van der Waals surface area contributed by atoms with Crippen molar-refractivity contribution < 1.29 is 23.8 Å². The van der Waals surface area contributed by atoms with E-state index in [0.717, 1.165) is 74.7 Å². The lowest BCUT2D eigenvalue weighted by molar-refractivity contribution is -0.123. The predicted octanol–water partition coefficient (Wildman–Crippen LogP) is 3.46. The maximum atomic E-state index is 12.6. The summed E-state index contributed by atoms with van der Waals surface area (Å²) >= 11 is 0. The van der Waals surface area contributed by atoms with E-state index in [1.54, 1.807) is 37.6 Å². The van der Waals surface area contributed by atoms with Crippen molar-refractivity contribution in [3.63, 3.8) is 0 Å². The lowest BCUT2D eigenvalue weighted by atomic mass is 10.1. The van der Waals surface area contributed by atoms with Gasteiger partial charge in [0.25, 0.3) is 11.8 Å². The number of carbonyl (C=O) groups is 2. The van der Waals surface area contributed by atoms with Crippen LogP contribution in [0.1, 0.15) is 34.3 Å². The summed E-state index contributed by atoms with van der Waals surface area (Å²) in [4.78, 5) is 29.3. The van der Waals surface area contributed by atoms with Crippen LogP contribution in [0.3, 0.4) is 0 Å². The molecule has 3 aromatic rings. The Balaban J connectivity index is 1.01. The van der Waals surface area contributed by atoms with Gasteiger partial charge >= 0.3 is 0 Å². The molecule has 10 heteroatoms. The second-order valence-electron chi connectivity index (χ2n) is 10.6. The topological polar surface area (TPSA) is 105 Å².